The number of rotatable bonds is 6. The molecule has 1 amide bonds. The molecule has 0 radical (unpaired) electrons. The number of methoxy groups -OCH3 is 1. The zero-order valence-corrected chi connectivity index (χ0v) is 14.1. The van der Waals surface area contributed by atoms with Gasteiger partial charge in [0.2, 0.25) is 5.91 Å². The molecule has 2 unspecified atom stereocenters. The predicted octanol–water partition coefficient (Wildman–Crippen LogP) is 0.802. The van der Waals surface area contributed by atoms with Crippen LogP contribution in [0.15, 0.2) is 23.1 Å². The summed E-state index contributed by atoms with van der Waals surface area (Å²) in [5.74, 6) is -1.28. The Morgan fingerprint density at radius 1 is 1.45 bits per heavy atom. The van der Waals surface area contributed by atoms with Crippen molar-refractivity contribution >= 4 is 28.2 Å². The van der Waals surface area contributed by atoms with Gasteiger partial charge in [0, 0.05) is 13.4 Å². The largest absolute Gasteiger partial charge is 0.383 e. The van der Waals surface area contributed by atoms with E-state index in [0.29, 0.717) is 5.56 Å². The standard InChI is InChI=1S/C13H19FN2O4S.ClH/c1-8(16-13(17)11(15)7-20-2)9-4-5-12(10(14)6-9)21(3,18)19;/h4-6,8,11H,7,15H2,1-3H3,(H,16,17);1H. The molecule has 0 saturated heterocycles. The predicted molar refractivity (Wildman–Crippen MR) is 83.2 cm³/mol. The lowest BCUT2D eigenvalue weighted by Gasteiger charge is -2.18. The first-order chi connectivity index (χ1) is 9.66. The number of amides is 1. The van der Waals surface area contributed by atoms with E-state index in [0.717, 1.165) is 12.3 Å². The number of halogens is 2. The zero-order valence-electron chi connectivity index (χ0n) is 12.5. The molecule has 0 aliphatic heterocycles. The van der Waals surface area contributed by atoms with E-state index < -0.39 is 33.6 Å². The number of nitrogens with two attached hydrogens (primary N) is 1. The van der Waals surface area contributed by atoms with E-state index in [1.165, 1.54) is 19.2 Å². The molecular formula is C13H20ClFN2O4S. The van der Waals surface area contributed by atoms with Gasteiger partial charge in [-0.1, -0.05) is 6.07 Å². The molecule has 2 atom stereocenters. The van der Waals surface area contributed by atoms with Gasteiger partial charge in [-0.3, -0.25) is 4.79 Å². The molecule has 0 heterocycles. The second-order valence-electron chi connectivity index (χ2n) is 4.75. The van der Waals surface area contributed by atoms with Gasteiger partial charge < -0.3 is 15.8 Å². The molecule has 0 fully saturated rings. The molecule has 1 aromatic rings. The van der Waals surface area contributed by atoms with Gasteiger partial charge in [0.1, 0.15) is 16.8 Å². The SMILES string of the molecule is COCC(N)C(=O)NC(C)c1ccc(S(C)(=O)=O)c(F)c1.Cl. The van der Waals surface area contributed by atoms with Crippen molar-refractivity contribution < 1.29 is 22.3 Å². The molecule has 1 aromatic carbocycles. The van der Waals surface area contributed by atoms with Crippen molar-refractivity contribution in [2.45, 2.75) is 23.9 Å². The smallest absolute Gasteiger partial charge is 0.239 e. The number of hydrogen-bond acceptors (Lipinski definition) is 5. The lowest BCUT2D eigenvalue weighted by Crippen LogP contribution is -2.44. The Labute approximate surface area is 135 Å². The minimum atomic E-state index is -3.62. The quantitative estimate of drug-likeness (QED) is 0.787. The molecule has 3 N–H and O–H groups in total. The Morgan fingerprint density at radius 2 is 2.05 bits per heavy atom. The number of hydrogen-bond donors (Lipinski definition) is 2. The highest BCUT2D eigenvalue weighted by Gasteiger charge is 2.19. The highest BCUT2D eigenvalue weighted by atomic mass is 35.5. The van der Waals surface area contributed by atoms with Crippen molar-refractivity contribution in [2.24, 2.45) is 5.73 Å². The van der Waals surface area contributed by atoms with Crippen LogP contribution < -0.4 is 11.1 Å². The molecule has 6 nitrogen and oxygen atoms in total. The highest BCUT2D eigenvalue weighted by molar-refractivity contribution is 7.90. The highest BCUT2D eigenvalue weighted by Crippen LogP contribution is 2.20. The number of nitrogens with one attached hydrogen (secondary N) is 1. The summed E-state index contributed by atoms with van der Waals surface area (Å²) in [5.41, 5.74) is 6.02. The molecule has 1 rings (SSSR count). The van der Waals surface area contributed by atoms with Crippen LogP contribution in [0.5, 0.6) is 0 Å². The van der Waals surface area contributed by atoms with E-state index in [9.17, 15) is 17.6 Å². The maximum absolute atomic E-state index is 13.8. The fourth-order valence-corrected chi connectivity index (χ4v) is 2.47. The summed E-state index contributed by atoms with van der Waals surface area (Å²) >= 11 is 0. The van der Waals surface area contributed by atoms with Crippen molar-refractivity contribution in [1.82, 2.24) is 5.32 Å². The van der Waals surface area contributed by atoms with Crippen LogP contribution in [0, 0.1) is 5.82 Å². The fourth-order valence-electron chi connectivity index (χ4n) is 1.75. The van der Waals surface area contributed by atoms with Crippen LogP contribution in [-0.2, 0) is 19.4 Å². The van der Waals surface area contributed by atoms with Crippen molar-refractivity contribution in [3.63, 3.8) is 0 Å². The van der Waals surface area contributed by atoms with Crippen molar-refractivity contribution in [3.05, 3.63) is 29.6 Å². The Bertz CT molecular complexity index is 624. The second-order valence-corrected chi connectivity index (χ2v) is 6.74. The number of carbonyl (C=O) groups is 1. The molecule has 0 aliphatic carbocycles. The average molecular weight is 355 g/mol. The molecule has 0 saturated carbocycles. The summed E-state index contributed by atoms with van der Waals surface area (Å²) in [7, 11) is -2.19. The first-order valence-corrected chi connectivity index (χ1v) is 8.10. The lowest BCUT2D eigenvalue weighted by atomic mass is 10.1. The molecule has 0 bridgehead atoms. The molecule has 9 heteroatoms. The Balaban J connectivity index is 0.00000441. The van der Waals surface area contributed by atoms with Gasteiger partial charge in [0.05, 0.1) is 12.6 Å². The van der Waals surface area contributed by atoms with E-state index in [2.05, 4.69) is 5.32 Å². The van der Waals surface area contributed by atoms with Crippen LogP contribution in [-0.4, -0.2) is 40.3 Å². The minimum Gasteiger partial charge on any atom is -0.383 e. The molecule has 126 valence electrons. The van der Waals surface area contributed by atoms with Gasteiger partial charge in [0.15, 0.2) is 9.84 Å². The Morgan fingerprint density at radius 3 is 2.50 bits per heavy atom. The first kappa shape index (κ1) is 20.8. The Hall–Kier alpha value is -1.22. The number of benzene rings is 1. The number of sulfone groups is 1. The van der Waals surface area contributed by atoms with Gasteiger partial charge in [-0.2, -0.15) is 0 Å². The van der Waals surface area contributed by atoms with E-state index >= 15 is 0 Å². The fraction of sp³-hybridized carbons (Fsp3) is 0.462. The molecule has 0 spiro atoms. The van der Waals surface area contributed by atoms with Crippen LogP contribution in [0.2, 0.25) is 0 Å². The van der Waals surface area contributed by atoms with Crippen LogP contribution in [0.25, 0.3) is 0 Å². The average Bonchev–Trinajstić information content (AvgIpc) is 2.37. The van der Waals surface area contributed by atoms with Crippen LogP contribution in [0.3, 0.4) is 0 Å². The summed E-state index contributed by atoms with van der Waals surface area (Å²) in [5, 5.41) is 2.61. The van der Waals surface area contributed by atoms with E-state index in [-0.39, 0.29) is 23.9 Å². The molecule has 0 aromatic heterocycles. The van der Waals surface area contributed by atoms with E-state index in [4.69, 9.17) is 10.5 Å². The molecular weight excluding hydrogens is 335 g/mol. The monoisotopic (exact) mass is 354 g/mol. The third-order valence-electron chi connectivity index (χ3n) is 2.90. The number of ether oxygens (including phenoxy) is 1. The molecule has 0 aliphatic rings. The van der Waals surface area contributed by atoms with Crippen molar-refractivity contribution in [2.75, 3.05) is 20.0 Å². The third kappa shape index (κ3) is 5.53. The summed E-state index contributed by atoms with van der Waals surface area (Å²) in [4.78, 5) is 11.3. The zero-order chi connectivity index (χ0) is 16.2. The summed E-state index contributed by atoms with van der Waals surface area (Å²) in [6.07, 6.45) is 0.931. The maximum atomic E-state index is 13.8. The van der Waals surface area contributed by atoms with Gasteiger partial charge in [-0.15, -0.1) is 12.4 Å². The van der Waals surface area contributed by atoms with Crippen molar-refractivity contribution in [1.29, 1.82) is 0 Å². The van der Waals surface area contributed by atoms with Gasteiger partial charge >= 0.3 is 0 Å². The van der Waals surface area contributed by atoms with Crippen LogP contribution >= 0.6 is 12.4 Å². The number of carbonyl (C=O) groups excluding carboxylic acids is 1. The Kier molecular flexibility index (Phi) is 7.96. The lowest BCUT2D eigenvalue weighted by molar-refractivity contribution is -0.124. The molecule has 22 heavy (non-hydrogen) atoms. The normalized spacial score (nSPS) is 13.9. The van der Waals surface area contributed by atoms with Crippen molar-refractivity contribution in [3.8, 4) is 0 Å². The van der Waals surface area contributed by atoms with Gasteiger partial charge in [-0.25, -0.2) is 12.8 Å². The maximum Gasteiger partial charge on any atom is 0.239 e. The third-order valence-corrected chi connectivity index (χ3v) is 4.03. The van der Waals surface area contributed by atoms with Crippen LogP contribution in [0.1, 0.15) is 18.5 Å². The first-order valence-electron chi connectivity index (χ1n) is 6.21. The van der Waals surface area contributed by atoms with E-state index in [1.54, 1.807) is 6.92 Å². The summed E-state index contributed by atoms with van der Waals surface area (Å²) in [6.45, 7) is 1.71. The second kappa shape index (κ2) is 8.42. The summed E-state index contributed by atoms with van der Waals surface area (Å²) < 4.78 is 41.2. The van der Waals surface area contributed by atoms with E-state index in [1.807, 2.05) is 0 Å². The van der Waals surface area contributed by atoms with Crippen LogP contribution in [0.4, 0.5) is 4.39 Å². The summed E-state index contributed by atoms with van der Waals surface area (Å²) in [6, 6.07) is 2.38. The van der Waals surface area contributed by atoms with Gasteiger partial charge in [-0.05, 0) is 24.6 Å². The topological polar surface area (TPSA) is 98.5 Å². The minimum absolute atomic E-state index is 0. The van der Waals surface area contributed by atoms with Gasteiger partial charge in [0.25, 0.3) is 0 Å².